The fraction of sp³-hybridized carbons (Fsp3) is 0.0500. The van der Waals surface area contributed by atoms with E-state index in [9.17, 15) is 4.79 Å². The summed E-state index contributed by atoms with van der Waals surface area (Å²) in [5.74, 6) is 0.702. The molecule has 0 aliphatic rings. The van der Waals surface area contributed by atoms with Gasteiger partial charge in [0.25, 0.3) is 0 Å². The average Bonchev–Trinajstić information content (AvgIpc) is 2.61. The summed E-state index contributed by atoms with van der Waals surface area (Å²) >= 11 is 6.08. The van der Waals surface area contributed by atoms with Crippen LogP contribution in [0.4, 0.5) is 0 Å². The first kappa shape index (κ1) is 15.3. The van der Waals surface area contributed by atoms with Crippen LogP contribution in [0.1, 0.15) is 15.9 Å². The third-order valence-electron chi connectivity index (χ3n) is 3.66. The van der Waals surface area contributed by atoms with Crippen molar-refractivity contribution in [2.24, 2.45) is 0 Å². The summed E-state index contributed by atoms with van der Waals surface area (Å²) in [7, 11) is 1.60. The monoisotopic (exact) mass is 322 g/mol. The van der Waals surface area contributed by atoms with E-state index in [0.29, 0.717) is 16.1 Å². The van der Waals surface area contributed by atoms with Crippen molar-refractivity contribution in [2.45, 2.75) is 0 Å². The van der Waals surface area contributed by atoms with Crippen molar-refractivity contribution >= 4 is 17.4 Å². The molecule has 0 fully saturated rings. The van der Waals surface area contributed by atoms with Crippen molar-refractivity contribution in [1.29, 1.82) is 0 Å². The molecule has 0 aromatic heterocycles. The Labute approximate surface area is 140 Å². The molecule has 0 atom stereocenters. The molecule has 0 aliphatic carbocycles. The lowest BCUT2D eigenvalue weighted by atomic mass is 9.94. The van der Waals surface area contributed by atoms with Crippen molar-refractivity contribution in [1.82, 2.24) is 0 Å². The van der Waals surface area contributed by atoms with Crippen LogP contribution in [0.2, 0.25) is 5.02 Å². The Hall–Kier alpha value is -2.58. The quantitative estimate of drug-likeness (QED) is 0.613. The summed E-state index contributed by atoms with van der Waals surface area (Å²) in [6.07, 6.45) is 0. The smallest absolute Gasteiger partial charge is 0.193 e. The first-order valence-corrected chi connectivity index (χ1v) is 7.60. The summed E-state index contributed by atoms with van der Waals surface area (Å²) in [5.41, 5.74) is 3.07. The van der Waals surface area contributed by atoms with Gasteiger partial charge in [0, 0.05) is 16.1 Å². The van der Waals surface area contributed by atoms with Gasteiger partial charge >= 0.3 is 0 Å². The molecule has 0 heterocycles. The van der Waals surface area contributed by atoms with E-state index in [1.807, 2.05) is 48.5 Å². The maximum absolute atomic E-state index is 12.9. The molecule has 0 amide bonds. The fourth-order valence-corrected chi connectivity index (χ4v) is 2.68. The Morgan fingerprint density at radius 2 is 1.65 bits per heavy atom. The maximum atomic E-state index is 12.9. The zero-order valence-electron chi connectivity index (χ0n) is 12.6. The number of hydrogen-bond donors (Lipinski definition) is 0. The van der Waals surface area contributed by atoms with Crippen molar-refractivity contribution < 1.29 is 9.53 Å². The second-order valence-corrected chi connectivity index (χ2v) is 5.55. The lowest BCUT2D eigenvalue weighted by Gasteiger charge is -2.10. The summed E-state index contributed by atoms with van der Waals surface area (Å²) in [6, 6.07) is 22.2. The maximum Gasteiger partial charge on any atom is 0.193 e. The van der Waals surface area contributed by atoms with E-state index in [-0.39, 0.29) is 5.78 Å². The van der Waals surface area contributed by atoms with Crippen molar-refractivity contribution in [2.75, 3.05) is 7.11 Å². The van der Waals surface area contributed by atoms with Crippen LogP contribution in [0.3, 0.4) is 0 Å². The van der Waals surface area contributed by atoms with Gasteiger partial charge in [0.05, 0.1) is 7.11 Å². The minimum Gasteiger partial charge on any atom is -0.497 e. The van der Waals surface area contributed by atoms with Crippen molar-refractivity contribution in [3.63, 3.8) is 0 Å². The van der Waals surface area contributed by atoms with E-state index in [1.165, 1.54) is 0 Å². The van der Waals surface area contributed by atoms with Crippen LogP contribution < -0.4 is 4.74 Å². The van der Waals surface area contributed by atoms with Crippen LogP contribution in [0, 0.1) is 0 Å². The molecule has 3 heteroatoms. The number of halogens is 1. The molecule has 0 bridgehead atoms. The zero-order valence-corrected chi connectivity index (χ0v) is 13.4. The molecular formula is C20H15ClO2. The Morgan fingerprint density at radius 3 is 2.35 bits per heavy atom. The van der Waals surface area contributed by atoms with Crippen LogP contribution in [-0.4, -0.2) is 12.9 Å². The van der Waals surface area contributed by atoms with Crippen LogP contribution in [0.25, 0.3) is 11.1 Å². The van der Waals surface area contributed by atoms with E-state index in [2.05, 4.69) is 0 Å². The fourth-order valence-electron chi connectivity index (χ4n) is 2.49. The van der Waals surface area contributed by atoms with Gasteiger partial charge < -0.3 is 4.74 Å². The highest BCUT2D eigenvalue weighted by Crippen LogP contribution is 2.28. The molecule has 0 N–H and O–H groups in total. The number of benzene rings is 3. The molecule has 2 nitrogen and oxygen atoms in total. The minimum absolute atomic E-state index is 0.0248. The molecule has 0 aliphatic heterocycles. The number of rotatable bonds is 4. The number of ketones is 1. The Morgan fingerprint density at radius 1 is 0.913 bits per heavy atom. The van der Waals surface area contributed by atoms with Crippen molar-refractivity contribution in [3.8, 4) is 16.9 Å². The summed E-state index contributed by atoms with van der Waals surface area (Å²) in [5, 5.41) is 0.647. The molecule has 0 saturated heterocycles. The molecular weight excluding hydrogens is 308 g/mol. The summed E-state index contributed by atoms with van der Waals surface area (Å²) in [6.45, 7) is 0. The third kappa shape index (κ3) is 3.27. The van der Waals surface area contributed by atoms with Gasteiger partial charge in [-0.15, -0.1) is 0 Å². The predicted molar refractivity (Wildman–Crippen MR) is 93.3 cm³/mol. The standard InChI is InChI=1S/C20H15ClO2/c1-23-17-11-9-14(10-12-17)20(22)19-8-3-2-7-18(19)15-5-4-6-16(21)13-15/h2-13H,1H3. The molecule has 0 spiro atoms. The Bertz CT molecular complexity index is 838. The average molecular weight is 323 g/mol. The number of methoxy groups -OCH3 is 1. The molecule has 0 unspecified atom stereocenters. The van der Waals surface area contributed by atoms with Crippen LogP contribution >= 0.6 is 11.6 Å². The Balaban J connectivity index is 2.04. The van der Waals surface area contributed by atoms with Crippen LogP contribution in [-0.2, 0) is 0 Å². The van der Waals surface area contributed by atoms with E-state index < -0.39 is 0 Å². The Kier molecular flexibility index (Phi) is 4.45. The normalized spacial score (nSPS) is 10.3. The summed E-state index contributed by atoms with van der Waals surface area (Å²) in [4.78, 5) is 12.9. The van der Waals surface area contributed by atoms with E-state index in [0.717, 1.165) is 16.9 Å². The van der Waals surface area contributed by atoms with Gasteiger partial charge in [0.1, 0.15) is 5.75 Å². The summed E-state index contributed by atoms with van der Waals surface area (Å²) < 4.78 is 5.13. The second-order valence-electron chi connectivity index (χ2n) is 5.11. The SMILES string of the molecule is COc1ccc(C(=O)c2ccccc2-c2cccc(Cl)c2)cc1. The highest BCUT2D eigenvalue weighted by Gasteiger charge is 2.14. The van der Waals surface area contributed by atoms with Gasteiger partial charge in [0.15, 0.2) is 5.78 Å². The third-order valence-corrected chi connectivity index (χ3v) is 3.89. The van der Waals surface area contributed by atoms with Crippen LogP contribution in [0.15, 0.2) is 72.8 Å². The highest BCUT2D eigenvalue weighted by atomic mass is 35.5. The van der Waals surface area contributed by atoms with Gasteiger partial charge in [0.2, 0.25) is 0 Å². The molecule has 3 aromatic rings. The first-order chi connectivity index (χ1) is 11.2. The number of ether oxygens (including phenoxy) is 1. The minimum atomic E-state index is -0.0248. The molecule has 23 heavy (non-hydrogen) atoms. The van der Waals surface area contributed by atoms with Crippen LogP contribution in [0.5, 0.6) is 5.75 Å². The van der Waals surface area contributed by atoms with Gasteiger partial charge in [-0.25, -0.2) is 0 Å². The topological polar surface area (TPSA) is 26.3 Å². The highest BCUT2D eigenvalue weighted by molar-refractivity contribution is 6.30. The van der Waals surface area contributed by atoms with Gasteiger partial charge in [-0.05, 0) is 47.5 Å². The number of hydrogen-bond acceptors (Lipinski definition) is 2. The lowest BCUT2D eigenvalue weighted by Crippen LogP contribution is -2.03. The van der Waals surface area contributed by atoms with E-state index in [4.69, 9.17) is 16.3 Å². The largest absolute Gasteiger partial charge is 0.497 e. The van der Waals surface area contributed by atoms with E-state index >= 15 is 0 Å². The van der Waals surface area contributed by atoms with Gasteiger partial charge in [-0.1, -0.05) is 48.0 Å². The zero-order chi connectivity index (χ0) is 16.2. The lowest BCUT2D eigenvalue weighted by molar-refractivity contribution is 0.103. The predicted octanol–water partition coefficient (Wildman–Crippen LogP) is 5.25. The van der Waals surface area contributed by atoms with Gasteiger partial charge in [-0.3, -0.25) is 4.79 Å². The van der Waals surface area contributed by atoms with E-state index in [1.54, 1.807) is 31.4 Å². The molecule has 3 rings (SSSR count). The number of carbonyl (C=O) groups is 1. The van der Waals surface area contributed by atoms with Gasteiger partial charge in [-0.2, -0.15) is 0 Å². The molecule has 3 aromatic carbocycles. The van der Waals surface area contributed by atoms with Crippen molar-refractivity contribution in [3.05, 3.63) is 88.9 Å². The second kappa shape index (κ2) is 6.67. The first-order valence-electron chi connectivity index (χ1n) is 7.23. The molecule has 114 valence electrons. The number of carbonyl (C=O) groups excluding carboxylic acids is 1. The molecule has 0 radical (unpaired) electrons. The molecule has 0 saturated carbocycles.